The lowest BCUT2D eigenvalue weighted by Gasteiger charge is -2.25. The maximum atomic E-state index is 13.6. The second-order valence-corrected chi connectivity index (χ2v) is 10.1. The van der Waals surface area contributed by atoms with E-state index >= 15 is 0 Å². The van der Waals surface area contributed by atoms with Crippen molar-refractivity contribution in [3.8, 4) is 0 Å². The fourth-order valence-corrected chi connectivity index (χ4v) is 5.30. The molecule has 0 fully saturated rings. The van der Waals surface area contributed by atoms with Crippen molar-refractivity contribution < 1.29 is 14.7 Å². The number of nitrogens with one attached hydrogen (secondary N) is 1. The van der Waals surface area contributed by atoms with Crippen molar-refractivity contribution in [2.45, 2.75) is 45.8 Å². The average molecular weight is 536 g/mol. The molecule has 9 heteroatoms. The smallest absolute Gasteiger partial charge is 0.245 e. The molecule has 0 aliphatic heterocycles. The molecule has 1 atom stereocenters. The number of rotatable bonds is 10. The van der Waals surface area contributed by atoms with Gasteiger partial charge in [-0.25, -0.2) is 0 Å². The third kappa shape index (κ3) is 5.92. The van der Waals surface area contributed by atoms with Crippen molar-refractivity contribution in [2.75, 3.05) is 13.7 Å². The SMILES string of the molecule is Cc1nn(C)cc1CN(C)C(=O)[C@H](Cc1ccccc1)NC(=O)Cn1c(C)c(CCO)c2c(Cl)cccc21. The first-order valence-electron chi connectivity index (χ1n) is 12.6. The fraction of sp³-hybridized carbons (Fsp3) is 0.345. The number of carbonyl (C=O) groups is 2. The molecule has 2 aromatic heterocycles. The number of likely N-dealkylation sites (N-methyl/N-ethyl adjacent to an activating group) is 1. The minimum absolute atomic E-state index is 0.0201. The highest BCUT2D eigenvalue weighted by Crippen LogP contribution is 2.32. The molecule has 2 amide bonds. The van der Waals surface area contributed by atoms with Gasteiger partial charge in [0.15, 0.2) is 0 Å². The van der Waals surface area contributed by atoms with E-state index in [-0.39, 0.29) is 25.0 Å². The molecular formula is C29H34ClN5O3. The van der Waals surface area contributed by atoms with Crippen LogP contribution in [0.3, 0.4) is 0 Å². The van der Waals surface area contributed by atoms with Crippen LogP contribution < -0.4 is 5.32 Å². The Morgan fingerprint density at radius 3 is 2.53 bits per heavy atom. The van der Waals surface area contributed by atoms with E-state index in [1.54, 1.807) is 16.6 Å². The molecular weight excluding hydrogens is 502 g/mol. The van der Waals surface area contributed by atoms with Crippen LogP contribution >= 0.6 is 11.6 Å². The van der Waals surface area contributed by atoms with Crippen molar-refractivity contribution in [1.29, 1.82) is 0 Å². The third-order valence-corrected chi connectivity index (χ3v) is 7.22. The van der Waals surface area contributed by atoms with Gasteiger partial charge in [-0.3, -0.25) is 14.3 Å². The van der Waals surface area contributed by atoms with Crippen LogP contribution in [0.4, 0.5) is 0 Å². The molecule has 4 rings (SSSR count). The second-order valence-electron chi connectivity index (χ2n) is 9.68. The minimum atomic E-state index is -0.741. The summed E-state index contributed by atoms with van der Waals surface area (Å²) in [6, 6.07) is 14.5. The first-order valence-corrected chi connectivity index (χ1v) is 13.0. The molecule has 0 radical (unpaired) electrons. The van der Waals surface area contributed by atoms with Crippen LogP contribution in [0.25, 0.3) is 10.9 Å². The second kappa shape index (κ2) is 11.8. The number of hydrogen-bond donors (Lipinski definition) is 2. The van der Waals surface area contributed by atoms with Crippen molar-refractivity contribution in [2.24, 2.45) is 7.05 Å². The highest BCUT2D eigenvalue weighted by molar-refractivity contribution is 6.35. The first kappa shape index (κ1) is 27.4. The molecule has 0 aliphatic rings. The molecule has 38 heavy (non-hydrogen) atoms. The van der Waals surface area contributed by atoms with Gasteiger partial charge < -0.3 is 19.9 Å². The van der Waals surface area contributed by atoms with Crippen molar-refractivity contribution >= 4 is 34.3 Å². The molecule has 2 aromatic carbocycles. The molecule has 0 saturated heterocycles. The summed E-state index contributed by atoms with van der Waals surface area (Å²) in [5, 5.41) is 18.4. The Morgan fingerprint density at radius 1 is 1.13 bits per heavy atom. The molecule has 0 unspecified atom stereocenters. The Balaban J connectivity index is 1.58. The lowest BCUT2D eigenvalue weighted by molar-refractivity contribution is -0.136. The summed E-state index contributed by atoms with van der Waals surface area (Å²) in [5.41, 5.74) is 5.39. The Hall–Kier alpha value is -3.62. The molecule has 0 spiro atoms. The van der Waals surface area contributed by atoms with Gasteiger partial charge in [-0.1, -0.05) is 48.0 Å². The maximum absolute atomic E-state index is 13.6. The van der Waals surface area contributed by atoms with E-state index in [2.05, 4.69) is 10.4 Å². The first-order chi connectivity index (χ1) is 18.2. The number of halogens is 1. The normalized spacial score (nSPS) is 12.1. The highest BCUT2D eigenvalue weighted by atomic mass is 35.5. The highest BCUT2D eigenvalue weighted by Gasteiger charge is 2.26. The zero-order valence-corrected chi connectivity index (χ0v) is 23.0. The standard InChI is InChI=1S/C29H34ClN5O3/c1-19-22(17-34(4)32-19)16-33(3)29(38)25(15-21-9-6-5-7-10-21)31-27(37)18-35-20(2)23(13-14-36)28-24(30)11-8-12-26(28)35/h5-12,17,25,36H,13-16,18H2,1-4H3,(H,31,37)/t25-/m0/s1. The van der Waals surface area contributed by atoms with E-state index in [0.717, 1.165) is 39.0 Å². The Morgan fingerprint density at radius 2 is 1.87 bits per heavy atom. The number of carbonyl (C=O) groups excluding carboxylic acids is 2. The molecule has 0 aliphatic carbocycles. The van der Waals surface area contributed by atoms with E-state index in [0.29, 0.717) is 24.4 Å². The summed E-state index contributed by atoms with van der Waals surface area (Å²) >= 11 is 6.50. The predicted molar refractivity (Wildman–Crippen MR) is 149 cm³/mol. The van der Waals surface area contributed by atoms with Gasteiger partial charge in [-0.05, 0) is 43.5 Å². The Bertz CT molecular complexity index is 1440. The van der Waals surface area contributed by atoms with E-state index < -0.39 is 6.04 Å². The third-order valence-electron chi connectivity index (χ3n) is 6.90. The van der Waals surface area contributed by atoms with Gasteiger partial charge in [-0.15, -0.1) is 0 Å². The van der Waals surface area contributed by atoms with Crippen LogP contribution in [0, 0.1) is 13.8 Å². The van der Waals surface area contributed by atoms with Gasteiger partial charge >= 0.3 is 0 Å². The van der Waals surface area contributed by atoms with Gasteiger partial charge in [0.25, 0.3) is 0 Å². The Labute approximate surface area is 227 Å². The number of aryl methyl sites for hydroxylation is 2. The number of hydrogen-bond acceptors (Lipinski definition) is 4. The van der Waals surface area contributed by atoms with Crippen LogP contribution in [-0.4, -0.2) is 55.9 Å². The van der Waals surface area contributed by atoms with Crippen molar-refractivity contribution in [3.05, 3.63) is 87.8 Å². The molecule has 2 N–H and O–H groups in total. The number of aliphatic hydroxyl groups excluding tert-OH is 1. The average Bonchev–Trinajstić information content (AvgIpc) is 3.34. The number of amides is 2. The summed E-state index contributed by atoms with van der Waals surface area (Å²) < 4.78 is 3.63. The van der Waals surface area contributed by atoms with Crippen LogP contribution in [0.2, 0.25) is 5.02 Å². The fourth-order valence-electron chi connectivity index (χ4n) is 5.02. The predicted octanol–water partition coefficient (Wildman–Crippen LogP) is 3.57. The zero-order valence-electron chi connectivity index (χ0n) is 22.2. The van der Waals surface area contributed by atoms with E-state index in [4.69, 9.17) is 11.6 Å². The maximum Gasteiger partial charge on any atom is 0.245 e. The summed E-state index contributed by atoms with van der Waals surface area (Å²) in [7, 11) is 3.59. The minimum Gasteiger partial charge on any atom is -0.396 e. The van der Waals surface area contributed by atoms with Gasteiger partial charge in [0.1, 0.15) is 12.6 Å². The summed E-state index contributed by atoms with van der Waals surface area (Å²) in [6.45, 7) is 4.24. The monoisotopic (exact) mass is 535 g/mol. The molecule has 0 saturated carbocycles. The van der Waals surface area contributed by atoms with E-state index in [1.165, 1.54) is 0 Å². The van der Waals surface area contributed by atoms with Gasteiger partial charge in [0, 0.05) is 56.5 Å². The largest absolute Gasteiger partial charge is 0.396 e. The number of benzene rings is 2. The lowest BCUT2D eigenvalue weighted by atomic mass is 10.0. The topological polar surface area (TPSA) is 92.4 Å². The van der Waals surface area contributed by atoms with Gasteiger partial charge in [-0.2, -0.15) is 5.10 Å². The van der Waals surface area contributed by atoms with Crippen molar-refractivity contribution in [3.63, 3.8) is 0 Å². The molecule has 2 heterocycles. The number of fused-ring (bicyclic) bond motifs is 1. The summed E-state index contributed by atoms with van der Waals surface area (Å²) in [6.07, 6.45) is 2.71. The van der Waals surface area contributed by atoms with Crippen LogP contribution in [0.1, 0.15) is 28.1 Å². The molecule has 8 nitrogen and oxygen atoms in total. The van der Waals surface area contributed by atoms with Crippen LogP contribution in [-0.2, 0) is 42.6 Å². The van der Waals surface area contributed by atoms with Gasteiger partial charge in [0.2, 0.25) is 11.8 Å². The number of aromatic nitrogens is 3. The van der Waals surface area contributed by atoms with E-state index in [9.17, 15) is 14.7 Å². The van der Waals surface area contributed by atoms with Crippen LogP contribution in [0.5, 0.6) is 0 Å². The summed E-state index contributed by atoms with van der Waals surface area (Å²) in [5.74, 6) is -0.454. The number of nitrogens with zero attached hydrogens (tertiary/aromatic N) is 4. The molecule has 0 bridgehead atoms. The zero-order chi connectivity index (χ0) is 27.4. The Kier molecular flexibility index (Phi) is 8.54. The quantitative estimate of drug-likeness (QED) is 0.325. The number of aliphatic hydroxyl groups is 1. The van der Waals surface area contributed by atoms with Gasteiger partial charge in [0.05, 0.1) is 16.2 Å². The molecule has 4 aromatic rings. The van der Waals surface area contributed by atoms with Crippen molar-refractivity contribution in [1.82, 2.24) is 24.6 Å². The summed E-state index contributed by atoms with van der Waals surface area (Å²) in [4.78, 5) is 28.6. The van der Waals surface area contributed by atoms with Crippen LogP contribution in [0.15, 0.2) is 54.7 Å². The van der Waals surface area contributed by atoms with E-state index in [1.807, 2.05) is 80.2 Å². The molecule has 200 valence electrons. The lowest BCUT2D eigenvalue weighted by Crippen LogP contribution is -2.49.